The van der Waals surface area contributed by atoms with Gasteiger partial charge in [0.1, 0.15) is 5.75 Å². The van der Waals surface area contributed by atoms with Gasteiger partial charge in [-0.1, -0.05) is 15.9 Å². The Morgan fingerprint density at radius 1 is 1.11 bits per heavy atom. The maximum atomic E-state index is 9.35. The molecule has 0 saturated heterocycles. The lowest BCUT2D eigenvalue weighted by Gasteiger charge is -2.12. The van der Waals surface area contributed by atoms with Crippen LogP contribution in [0.1, 0.15) is 5.56 Å². The van der Waals surface area contributed by atoms with Crippen LogP contribution in [0.5, 0.6) is 5.75 Å². The molecule has 2 rings (SSSR count). The van der Waals surface area contributed by atoms with E-state index in [0.717, 1.165) is 21.4 Å². The van der Waals surface area contributed by atoms with E-state index in [4.69, 9.17) is 12.2 Å². The summed E-state index contributed by atoms with van der Waals surface area (Å²) in [4.78, 5) is 0. The summed E-state index contributed by atoms with van der Waals surface area (Å²) in [6, 6.07) is 12.8. The highest BCUT2D eigenvalue weighted by Gasteiger charge is 2.02. The third kappa shape index (κ3) is 3.94. The van der Waals surface area contributed by atoms with Crippen LogP contribution in [0.4, 0.5) is 11.4 Å². The number of rotatable bonds is 2. The van der Waals surface area contributed by atoms with Crippen molar-refractivity contribution in [3.8, 4) is 5.75 Å². The Bertz CT molecular complexity index is 599. The normalized spacial score (nSPS) is 10.0. The fourth-order valence-corrected chi connectivity index (χ4v) is 2.10. The van der Waals surface area contributed by atoms with Gasteiger partial charge in [0, 0.05) is 15.8 Å². The SMILES string of the molecule is Cc1cc(O)ccc1NC(=S)Nc1ccc(Br)cc1. The van der Waals surface area contributed by atoms with Crippen LogP contribution in [0.3, 0.4) is 0 Å². The Balaban J connectivity index is 2.03. The van der Waals surface area contributed by atoms with E-state index in [1.54, 1.807) is 18.2 Å². The van der Waals surface area contributed by atoms with Crippen LogP contribution >= 0.6 is 28.1 Å². The van der Waals surface area contributed by atoms with Gasteiger partial charge in [0.2, 0.25) is 0 Å². The largest absolute Gasteiger partial charge is 0.508 e. The fraction of sp³-hybridized carbons (Fsp3) is 0.0714. The summed E-state index contributed by atoms with van der Waals surface area (Å²) in [6.45, 7) is 1.91. The molecule has 0 unspecified atom stereocenters. The van der Waals surface area contributed by atoms with Gasteiger partial charge >= 0.3 is 0 Å². The van der Waals surface area contributed by atoms with Crippen molar-refractivity contribution in [3.05, 3.63) is 52.5 Å². The Labute approximate surface area is 125 Å². The molecule has 0 aromatic heterocycles. The lowest BCUT2D eigenvalue weighted by molar-refractivity contribution is 0.475. The van der Waals surface area contributed by atoms with Crippen LogP contribution in [0.15, 0.2) is 46.9 Å². The number of benzene rings is 2. The van der Waals surface area contributed by atoms with E-state index in [1.165, 1.54) is 0 Å². The fourth-order valence-electron chi connectivity index (χ4n) is 1.61. The summed E-state index contributed by atoms with van der Waals surface area (Å²) in [5.74, 6) is 0.245. The van der Waals surface area contributed by atoms with Crippen molar-refractivity contribution in [1.29, 1.82) is 0 Å². The van der Waals surface area contributed by atoms with E-state index < -0.39 is 0 Å². The van der Waals surface area contributed by atoms with E-state index in [1.807, 2.05) is 31.2 Å². The molecule has 98 valence electrons. The van der Waals surface area contributed by atoms with Gasteiger partial charge in [-0.15, -0.1) is 0 Å². The van der Waals surface area contributed by atoms with Gasteiger partial charge in [0.25, 0.3) is 0 Å². The number of anilines is 2. The molecular weight excluding hydrogens is 324 g/mol. The molecular formula is C14H13BrN2OS. The number of phenols is 1. The Hall–Kier alpha value is -1.59. The van der Waals surface area contributed by atoms with Gasteiger partial charge in [-0.3, -0.25) is 0 Å². The van der Waals surface area contributed by atoms with Crippen molar-refractivity contribution >= 4 is 44.6 Å². The number of aromatic hydroxyl groups is 1. The quantitative estimate of drug-likeness (QED) is 0.566. The predicted molar refractivity (Wildman–Crippen MR) is 86.8 cm³/mol. The molecule has 0 bridgehead atoms. The molecule has 19 heavy (non-hydrogen) atoms. The number of nitrogens with one attached hydrogen (secondary N) is 2. The topological polar surface area (TPSA) is 44.3 Å². The minimum Gasteiger partial charge on any atom is -0.508 e. The predicted octanol–water partition coefficient (Wildman–Crippen LogP) is 4.27. The Morgan fingerprint density at radius 2 is 1.79 bits per heavy atom. The zero-order valence-electron chi connectivity index (χ0n) is 10.3. The van der Waals surface area contributed by atoms with E-state index in [2.05, 4.69) is 26.6 Å². The highest BCUT2D eigenvalue weighted by atomic mass is 79.9. The summed E-state index contributed by atoms with van der Waals surface area (Å²) in [6.07, 6.45) is 0. The van der Waals surface area contributed by atoms with Gasteiger partial charge in [-0.05, 0) is 67.2 Å². The Morgan fingerprint density at radius 3 is 2.42 bits per heavy atom. The van der Waals surface area contributed by atoms with Crippen LogP contribution in [-0.4, -0.2) is 10.2 Å². The molecule has 5 heteroatoms. The van der Waals surface area contributed by atoms with Crippen molar-refractivity contribution in [2.24, 2.45) is 0 Å². The molecule has 0 aliphatic carbocycles. The first-order chi connectivity index (χ1) is 9.04. The highest BCUT2D eigenvalue weighted by Crippen LogP contribution is 2.20. The van der Waals surface area contributed by atoms with E-state index in [9.17, 15) is 5.11 Å². The van der Waals surface area contributed by atoms with Gasteiger partial charge in [0.05, 0.1) is 0 Å². The summed E-state index contributed by atoms with van der Waals surface area (Å²) in [7, 11) is 0. The summed E-state index contributed by atoms with van der Waals surface area (Å²) in [5, 5.41) is 16.1. The van der Waals surface area contributed by atoms with Crippen molar-refractivity contribution < 1.29 is 5.11 Å². The van der Waals surface area contributed by atoms with Crippen molar-refractivity contribution in [1.82, 2.24) is 0 Å². The smallest absolute Gasteiger partial charge is 0.175 e. The summed E-state index contributed by atoms with van der Waals surface area (Å²) >= 11 is 8.63. The molecule has 0 spiro atoms. The number of thiocarbonyl (C=S) groups is 1. The zero-order chi connectivity index (χ0) is 13.8. The molecule has 2 aromatic rings. The molecule has 0 radical (unpaired) electrons. The van der Waals surface area contributed by atoms with Gasteiger partial charge < -0.3 is 15.7 Å². The lowest BCUT2D eigenvalue weighted by atomic mass is 10.2. The number of hydrogen-bond donors (Lipinski definition) is 3. The van der Waals surface area contributed by atoms with Crippen LogP contribution in [0, 0.1) is 6.92 Å². The minimum absolute atomic E-state index is 0.245. The van der Waals surface area contributed by atoms with E-state index in [0.29, 0.717) is 5.11 Å². The molecule has 0 heterocycles. The molecule has 0 fully saturated rings. The van der Waals surface area contributed by atoms with Crippen molar-refractivity contribution in [3.63, 3.8) is 0 Å². The first-order valence-corrected chi connectivity index (χ1v) is 6.88. The molecule has 0 aliphatic heterocycles. The molecule has 0 atom stereocenters. The van der Waals surface area contributed by atoms with E-state index >= 15 is 0 Å². The van der Waals surface area contributed by atoms with Crippen LogP contribution in [-0.2, 0) is 0 Å². The average molecular weight is 337 g/mol. The van der Waals surface area contributed by atoms with Gasteiger partial charge in [-0.2, -0.15) is 0 Å². The average Bonchev–Trinajstić information content (AvgIpc) is 2.36. The maximum Gasteiger partial charge on any atom is 0.175 e. The molecule has 3 nitrogen and oxygen atoms in total. The highest BCUT2D eigenvalue weighted by molar-refractivity contribution is 9.10. The summed E-state index contributed by atoms with van der Waals surface area (Å²) in [5.41, 5.74) is 2.71. The standard InChI is InChI=1S/C14H13BrN2OS/c1-9-8-12(18)6-7-13(9)17-14(19)16-11-4-2-10(15)3-5-11/h2-8,18H,1H3,(H2,16,17,19). The third-order valence-corrected chi connectivity index (χ3v) is 3.29. The molecule has 3 N–H and O–H groups in total. The first kappa shape index (κ1) is 13.8. The second-order valence-electron chi connectivity index (χ2n) is 4.09. The third-order valence-electron chi connectivity index (χ3n) is 2.56. The van der Waals surface area contributed by atoms with Crippen LogP contribution < -0.4 is 10.6 Å². The molecule has 0 amide bonds. The van der Waals surface area contributed by atoms with Crippen LogP contribution in [0.2, 0.25) is 0 Å². The molecule has 0 aliphatic rings. The lowest BCUT2D eigenvalue weighted by Crippen LogP contribution is -2.19. The number of halogens is 1. The second kappa shape index (κ2) is 6.04. The van der Waals surface area contributed by atoms with Crippen molar-refractivity contribution in [2.45, 2.75) is 6.92 Å². The number of hydrogen-bond acceptors (Lipinski definition) is 2. The molecule has 2 aromatic carbocycles. The minimum atomic E-state index is 0.245. The summed E-state index contributed by atoms with van der Waals surface area (Å²) < 4.78 is 1.02. The number of aryl methyl sites for hydroxylation is 1. The second-order valence-corrected chi connectivity index (χ2v) is 5.41. The van der Waals surface area contributed by atoms with Gasteiger partial charge in [-0.25, -0.2) is 0 Å². The molecule has 0 saturated carbocycles. The number of phenolic OH excluding ortho intramolecular Hbond substituents is 1. The van der Waals surface area contributed by atoms with Gasteiger partial charge in [0.15, 0.2) is 5.11 Å². The maximum absolute atomic E-state index is 9.35. The van der Waals surface area contributed by atoms with E-state index in [-0.39, 0.29) is 5.75 Å². The van der Waals surface area contributed by atoms with Crippen LogP contribution in [0.25, 0.3) is 0 Å². The van der Waals surface area contributed by atoms with Crippen molar-refractivity contribution in [2.75, 3.05) is 10.6 Å². The first-order valence-electron chi connectivity index (χ1n) is 5.68. The monoisotopic (exact) mass is 336 g/mol. The Kier molecular flexibility index (Phi) is 4.39. The zero-order valence-corrected chi connectivity index (χ0v) is 12.7.